The monoisotopic (exact) mass is 343 g/mol. The van der Waals surface area contributed by atoms with E-state index >= 15 is 0 Å². The number of ether oxygens (including phenoxy) is 2. The van der Waals surface area contributed by atoms with Crippen molar-refractivity contribution in [3.8, 4) is 17.6 Å². The van der Waals surface area contributed by atoms with Gasteiger partial charge < -0.3 is 14.8 Å². The summed E-state index contributed by atoms with van der Waals surface area (Å²) in [5.74, 6) is 1.19. The molecule has 132 valence electrons. The fourth-order valence-corrected chi connectivity index (χ4v) is 1.92. The van der Waals surface area contributed by atoms with Gasteiger partial charge in [0.2, 0.25) is 0 Å². The molecule has 1 N–H and O–H groups in total. The van der Waals surface area contributed by atoms with E-state index in [0.717, 1.165) is 5.56 Å². The van der Waals surface area contributed by atoms with Crippen molar-refractivity contribution in [1.82, 2.24) is 20.1 Å². The van der Waals surface area contributed by atoms with Gasteiger partial charge in [0.25, 0.3) is 0 Å². The van der Waals surface area contributed by atoms with E-state index in [2.05, 4.69) is 21.5 Å². The maximum Gasteiger partial charge on any atom is 0.407 e. The maximum atomic E-state index is 11.5. The lowest BCUT2D eigenvalue weighted by molar-refractivity contribution is 0.0520. The molecule has 0 aliphatic heterocycles. The van der Waals surface area contributed by atoms with Crippen LogP contribution in [-0.4, -0.2) is 39.6 Å². The van der Waals surface area contributed by atoms with E-state index in [-0.39, 0.29) is 0 Å². The summed E-state index contributed by atoms with van der Waals surface area (Å²) in [6.07, 6.45) is 4.81. The molecule has 0 atom stereocenters. The molecule has 2 heterocycles. The Morgan fingerprint density at radius 2 is 2.24 bits per heavy atom. The summed E-state index contributed by atoms with van der Waals surface area (Å²) in [6.45, 7) is 6.03. The van der Waals surface area contributed by atoms with Crippen LogP contribution in [0.4, 0.5) is 4.79 Å². The predicted molar refractivity (Wildman–Crippen MR) is 90.4 cm³/mol. The Balaban J connectivity index is 1.85. The molecule has 8 nitrogen and oxygen atoms in total. The Kier molecular flexibility index (Phi) is 5.95. The van der Waals surface area contributed by atoms with Crippen molar-refractivity contribution >= 4 is 6.09 Å². The Bertz CT molecular complexity index is 758. The molecule has 0 aromatic carbocycles. The molecule has 0 radical (unpaired) electrons. The normalized spacial score (nSPS) is 10.8. The van der Waals surface area contributed by atoms with Crippen LogP contribution in [0.25, 0.3) is 5.82 Å². The lowest BCUT2D eigenvalue weighted by atomic mass is 10.2. The van der Waals surface area contributed by atoms with Gasteiger partial charge in [-0.25, -0.2) is 14.5 Å². The molecule has 0 bridgehead atoms. The smallest absolute Gasteiger partial charge is 0.407 e. The van der Waals surface area contributed by atoms with Crippen molar-refractivity contribution in [2.24, 2.45) is 0 Å². The first kappa shape index (κ1) is 18.3. The number of hydrogen-bond donors (Lipinski definition) is 1. The van der Waals surface area contributed by atoms with Gasteiger partial charge in [-0.2, -0.15) is 10.4 Å². The Morgan fingerprint density at radius 3 is 2.96 bits per heavy atom. The summed E-state index contributed by atoms with van der Waals surface area (Å²) in [6, 6.07) is 5.53. The first-order valence-electron chi connectivity index (χ1n) is 7.84. The van der Waals surface area contributed by atoms with Crippen LogP contribution in [0.3, 0.4) is 0 Å². The number of nitriles is 1. The summed E-state index contributed by atoms with van der Waals surface area (Å²) >= 11 is 0. The van der Waals surface area contributed by atoms with Crippen LogP contribution in [-0.2, 0) is 11.2 Å². The zero-order chi connectivity index (χ0) is 18.3. The van der Waals surface area contributed by atoms with Crippen LogP contribution < -0.4 is 10.1 Å². The minimum atomic E-state index is -0.529. The van der Waals surface area contributed by atoms with Crippen LogP contribution in [0, 0.1) is 11.3 Å². The molecule has 0 aliphatic carbocycles. The van der Waals surface area contributed by atoms with E-state index in [9.17, 15) is 4.79 Å². The van der Waals surface area contributed by atoms with Gasteiger partial charge in [0.1, 0.15) is 18.0 Å². The van der Waals surface area contributed by atoms with Crippen molar-refractivity contribution in [3.05, 3.63) is 36.3 Å². The van der Waals surface area contributed by atoms with Gasteiger partial charge in [-0.15, -0.1) is 0 Å². The maximum absolute atomic E-state index is 11.5. The number of carbonyl (C=O) groups excluding carboxylic acids is 1. The number of alkyl carbamates (subject to hydrolysis) is 1. The van der Waals surface area contributed by atoms with E-state index in [0.29, 0.717) is 31.1 Å². The zero-order valence-electron chi connectivity index (χ0n) is 14.5. The van der Waals surface area contributed by atoms with Crippen LogP contribution in [0.15, 0.2) is 30.7 Å². The van der Waals surface area contributed by atoms with E-state index in [1.807, 2.05) is 0 Å². The Hall–Kier alpha value is -3.08. The van der Waals surface area contributed by atoms with E-state index in [1.165, 1.54) is 0 Å². The summed E-state index contributed by atoms with van der Waals surface area (Å²) in [5.41, 5.74) is 0.288. The number of hydrogen-bond acceptors (Lipinski definition) is 6. The minimum absolute atomic E-state index is 0.293. The lowest BCUT2D eigenvalue weighted by Crippen LogP contribution is -2.34. The second-order valence-corrected chi connectivity index (χ2v) is 6.25. The number of amides is 1. The average Bonchev–Trinajstić information content (AvgIpc) is 2.99. The Labute approximate surface area is 146 Å². The van der Waals surface area contributed by atoms with Gasteiger partial charge in [0.15, 0.2) is 5.82 Å². The quantitative estimate of drug-likeness (QED) is 0.807. The number of nitrogens with one attached hydrogen (secondary N) is 1. The molecular weight excluding hydrogens is 322 g/mol. The average molecular weight is 343 g/mol. The highest BCUT2D eigenvalue weighted by molar-refractivity contribution is 5.67. The summed E-state index contributed by atoms with van der Waals surface area (Å²) in [7, 11) is 0. The highest BCUT2D eigenvalue weighted by atomic mass is 16.6. The highest BCUT2D eigenvalue weighted by Gasteiger charge is 2.15. The van der Waals surface area contributed by atoms with Crippen molar-refractivity contribution in [1.29, 1.82) is 5.26 Å². The number of aromatic nitrogens is 3. The SMILES string of the molecule is CC(C)(C)OC(=O)NCCOc1ccnc(-n2cc(CC#N)cn2)c1. The van der Waals surface area contributed by atoms with Gasteiger partial charge in [-0.05, 0) is 26.8 Å². The Morgan fingerprint density at radius 1 is 1.44 bits per heavy atom. The van der Waals surface area contributed by atoms with Crippen molar-refractivity contribution in [2.75, 3.05) is 13.2 Å². The van der Waals surface area contributed by atoms with Gasteiger partial charge in [0, 0.05) is 24.0 Å². The van der Waals surface area contributed by atoms with Crippen molar-refractivity contribution in [3.63, 3.8) is 0 Å². The molecule has 1 amide bonds. The van der Waals surface area contributed by atoms with Gasteiger partial charge in [0.05, 0.1) is 25.2 Å². The molecule has 8 heteroatoms. The van der Waals surface area contributed by atoms with Crippen LogP contribution in [0.5, 0.6) is 5.75 Å². The van der Waals surface area contributed by atoms with E-state index in [1.54, 1.807) is 56.2 Å². The molecule has 2 aromatic rings. The molecule has 0 unspecified atom stereocenters. The number of rotatable bonds is 6. The topological polar surface area (TPSA) is 102 Å². The number of nitrogens with zero attached hydrogens (tertiary/aromatic N) is 4. The molecule has 0 fully saturated rings. The van der Waals surface area contributed by atoms with E-state index < -0.39 is 11.7 Å². The molecule has 2 aromatic heterocycles. The fourth-order valence-electron chi connectivity index (χ4n) is 1.92. The largest absolute Gasteiger partial charge is 0.492 e. The first-order chi connectivity index (χ1) is 11.9. The number of carbonyl (C=O) groups is 1. The van der Waals surface area contributed by atoms with Gasteiger partial charge >= 0.3 is 6.09 Å². The third-order valence-electron chi connectivity index (χ3n) is 2.91. The fraction of sp³-hybridized carbons (Fsp3) is 0.412. The molecule has 2 rings (SSSR count). The summed E-state index contributed by atoms with van der Waals surface area (Å²) < 4.78 is 12.3. The molecule has 0 aliphatic rings. The minimum Gasteiger partial charge on any atom is -0.492 e. The third kappa shape index (κ3) is 6.14. The van der Waals surface area contributed by atoms with Gasteiger partial charge in [-0.3, -0.25) is 0 Å². The standard InChI is InChI=1S/C17H21N5O3/c1-17(2,3)25-16(23)20-8-9-24-14-5-7-19-15(10-14)22-12-13(4-6-18)11-21-22/h5,7,10-12H,4,8-9H2,1-3H3,(H,20,23). The van der Waals surface area contributed by atoms with Gasteiger partial charge in [-0.1, -0.05) is 0 Å². The second-order valence-electron chi connectivity index (χ2n) is 6.25. The summed E-state index contributed by atoms with van der Waals surface area (Å²) in [4.78, 5) is 15.8. The second kappa shape index (κ2) is 8.15. The van der Waals surface area contributed by atoms with Crippen molar-refractivity contribution in [2.45, 2.75) is 32.8 Å². The predicted octanol–water partition coefficient (Wildman–Crippen LogP) is 2.24. The van der Waals surface area contributed by atoms with Crippen LogP contribution in [0.1, 0.15) is 26.3 Å². The van der Waals surface area contributed by atoms with Crippen LogP contribution in [0.2, 0.25) is 0 Å². The first-order valence-corrected chi connectivity index (χ1v) is 7.84. The van der Waals surface area contributed by atoms with E-state index in [4.69, 9.17) is 14.7 Å². The van der Waals surface area contributed by atoms with Crippen molar-refractivity contribution < 1.29 is 14.3 Å². The summed E-state index contributed by atoms with van der Waals surface area (Å²) in [5, 5.41) is 15.5. The zero-order valence-corrected chi connectivity index (χ0v) is 14.5. The number of pyridine rings is 1. The molecule has 0 spiro atoms. The molecule has 0 saturated carbocycles. The molecule has 0 saturated heterocycles. The third-order valence-corrected chi connectivity index (χ3v) is 2.91. The molecule has 25 heavy (non-hydrogen) atoms. The van der Waals surface area contributed by atoms with Crippen LogP contribution >= 0.6 is 0 Å². The lowest BCUT2D eigenvalue weighted by Gasteiger charge is -2.19. The highest BCUT2D eigenvalue weighted by Crippen LogP contribution is 2.14. The molecular formula is C17H21N5O3.